The molecule has 128 valence electrons. The SMILES string of the molecule is CCCCn1c(=O)c(NNC(=O)C2(C)CC2)nc2ncc(Br)cc21. The number of aromatic nitrogens is 3. The van der Waals surface area contributed by atoms with E-state index in [1.165, 1.54) is 0 Å². The highest BCUT2D eigenvalue weighted by atomic mass is 79.9. The molecule has 1 aliphatic carbocycles. The molecule has 2 N–H and O–H groups in total. The minimum atomic E-state index is -0.325. The predicted molar refractivity (Wildman–Crippen MR) is 95.5 cm³/mol. The van der Waals surface area contributed by atoms with E-state index in [4.69, 9.17) is 0 Å². The van der Waals surface area contributed by atoms with Gasteiger partial charge in [0.05, 0.1) is 5.52 Å². The van der Waals surface area contributed by atoms with Gasteiger partial charge in [-0.05, 0) is 41.3 Å². The summed E-state index contributed by atoms with van der Waals surface area (Å²) >= 11 is 3.38. The Morgan fingerprint density at radius 2 is 2.21 bits per heavy atom. The van der Waals surface area contributed by atoms with Gasteiger partial charge in [0.1, 0.15) is 0 Å². The van der Waals surface area contributed by atoms with Crippen molar-refractivity contribution in [1.82, 2.24) is 20.0 Å². The highest BCUT2D eigenvalue weighted by Gasteiger charge is 2.45. The summed E-state index contributed by atoms with van der Waals surface area (Å²) in [6.45, 7) is 4.54. The van der Waals surface area contributed by atoms with E-state index >= 15 is 0 Å². The lowest BCUT2D eigenvalue weighted by Crippen LogP contribution is -2.38. The lowest BCUT2D eigenvalue weighted by molar-refractivity contribution is -0.125. The fraction of sp³-hybridized carbons (Fsp3) is 0.500. The molecular weight excluding hydrogens is 374 g/mol. The molecule has 0 aliphatic heterocycles. The van der Waals surface area contributed by atoms with Crippen LogP contribution >= 0.6 is 15.9 Å². The van der Waals surface area contributed by atoms with E-state index in [0.717, 1.165) is 30.2 Å². The van der Waals surface area contributed by atoms with E-state index in [0.29, 0.717) is 17.7 Å². The Balaban J connectivity index is 1.95. The van der Waals surface area contributed by atoms with Gasteiger partial charge in [-0.2, -0.15) is 0 Å². The summed E-state index contributed by atoms with van der Waals surface area (Å²) in [4.78, 5) is 33.3. The van der Waals surface area contributed by atoms with Crippen molar-refractivity contribution < 1.29 is 4.79 Å². The van der Waals surface area contributed by atoms with Gasteiger partial charge in [-0.15, -0.1) is 0 Å². The van der Waals surface area contributed by atoms with Crippen molar-refractivity contribution in [3.8, 4) is 0 Å². The fourth-order valence-corrected chi connectivity index (χ4v) is 2.72. The molecule has 2 aromatic rings. The van der Waals surface area contributed by atoms with Crippen LogP contribution in [-0.4, -0.2) is 20.4 Å². The summed E-state index contributed by atoms with van der Waals surface area (Å²) in [5.74, 6) is -0.0290. The molecule has 1 aliphatic rings. The molecule has 24 heavy (non-hydrogen) atoms. The Morgan fingerprint density at radius 1 is 1.46 bits per heavy atom. The Kier molecular flexibility index (Phi) is 4.58. The lowest BCUT2D eigenvalue weighted by Gasteiger charge is -2.14. The zero-order valence-electron chi connectivity index (χ0n) is 13.7. The Morgan fingerprint density at radius 3 is 2.88 bits per heavy atom. The van der Waals surface area contributed by atoms with E-state index < -0.39 is 0 Å². The van der Waals surface area contributed by atoms with E-state index in [9.17, 15) is 9.59 Å². The minimum absolute atomic E-state index is 0.0889. The van der Waals surface area contributed by atoms with Gasteiger partial charge in [-0.1, -0.05) is 20.3 Å². The number of hydrogen-bond acceptors (Lipinski definition) is 5. The second-order valence-corrected chi connectivity index (χ2v) is 7.32. The second kappa shape index (κ2) is 6.51. The van der Waals surface area contributed by atoms with Crippen LogP contribution in [0, 0.1) is 5.41 Å². The van der Waals surface area contributed by atoms with Crippen molar-refractivity contribution in [1.29, 1.82) is 0 Å². The molecular formula is C16H20BrN5O2. The topological polar surface area (TPSA) is 88.9 Å². The molecule has 0 radical (unpaired) electrons. The highest BCUT2D eigenvalue weighted by Crippen LogP contribution is 2.44. The second-order valence-electron chi connectivity index (χ2n) is 6.41. The first-order valence-electron chi connectivity index (χ1n) is 8.07. The number of aryl methyl sites for hydroxylation is 1. The monoisotopic (exact) mass is 393 g/mol. The van der Waals surface area contributed by atoms with Gasteiger partial charge in [-0.3, -0.25) is 20.4 Å². The zero-order valence-corrected chi connectivity index (χ0v) is 15.3. The zero-order chi connectivity index (χ0) is 17.3. The number of carbonyl (C=O) groups excluding carboxylic acids is 1. The van der Waals surface area contributed by atoms with Crippen molar-refractivity contribution in [2.45, 2.75) is 46.1 Å². The largest absolute Gasteiger partial charge is 0.302 e. The van der Waals surface area contributed by atoms with Gasteiger partial charge in [0.25, 0.3) is 5.56 Å². The highest BCUT2D eigenvalue weighted by molar-refractivity contribution is 9.10. The van der Waals surface area contributed by atoms with Crippen LogP contribution in [0.5, 0.6) is 0 Å². The summed E-state index contributed by atoms with van der Waals surface area (Å²) in [6, 6.07) is 1.83. The number of nitrogens with one attached hydrogen (secondary N) is 2. The molecule has 0 spiro atoms. The Labute approximate surface area is 148 Å². The first kappa shape index (κ1) is 16.9. The Hall–Kier alpha value is -1.96. The number of pyridine rings is 1. The number of hydrazine groups is 1. The third-order valence-corrected chi connectivity index (χ3v) is 4.78. The lowest BCUT2D eigenvalue weighted by atomic mass is 10.1. The summed E-state index contributed by atoms with van der Waals surface area (Å²) in [7, 11) is 0. The Bertz CT molecular complexity index is 844. The standard InChI is InChI=1S/C16H20BrN5O2/c1-3-4-7-22-11-8-10(17)9-18-12(11)19-13(14(22)23)20-21-15(24)16(2)5-6-16/h8-9H,3-7H2,1-2H3,(H,21,24)(H,18,19,20). The van der Waals surface area contributed by atoms with Gasteiger partial charge in [-0.25, -0.2) is 9.97 Å². The summed E-state index contributed by atoms with van der Waals surface area (Å²) in [6.07, 6.45) is 5.20. The number of unbranched alkanes of at least 4 members (excludes halogenated alkanes) is 1. The molecule has 0 atom stereocenters. The van der Waals surface area contributed by atoms with Crippen molar-refractivity contribution >= 4 is 38.8 Å². The molecule has 3 rings (SSSR count). The molecule has 0 bridgehead atoms. The molecule has 1 amide bonds. The number of amides is 1. The van der Waals surface area contributed by atoms with E-state index in [2.05, 4.69) is 43.7 Å². The first-order chi connectivity index (χ1) is 11.4. The molecule has 7 nitrogen and oxygen atoms in total. The van der Waals surface area contributed by atoms with E-state index in [1.54, 1.807) is 10.8 Å². The van der Waals surface area contributed by atoms with Gasteiger partial charge >= 0.3 is 0 Å². The number of halogens is 1. The fourth-order valence-electron chi connectivity index (χ4n) is 2.40. The van der Waals surface area contributed by atoms with Crippen LogP contribution in [-0.2, 0) is 11.3 Å². The normalized spacial score (nSPS) is 15.3. The summed E-state index contributed by atoms with van der Waals surface area (Å²) in [5, 5.41) is 0. The van der Waals surface area contributed by atoms with E-state index in [1.807, 2.05) is 13.0 Å². The third kappa shape index (κ3) is 3.28. The third-order valence-electron chi connectivity index (χ3n) is 4.35. The van der Waals surface area contributed by atoms with Crippen molar-refractivity contribution in [2.75, 3.05) is 5.43 Å². The smallest absolute Gasteiger partial charge is 0.295 e. The minimum Gasteiger partial charge on any atom is -0.302 e. The molecule has 8 heteroatoms. The molecule has 0 aromatic carbocycles. The van der Waals surface area contributed by atoms with Crippen molar-refractivity contribution in [2.24, 2.45) is 5.41 Å². The van der Waals surface area contributed by atoms with E-state index in [-0.39, 0.29) is 22.7 Å². The maximum atomic E-state index is 12.7. The number of rotatable bonds is 6. The first-order valence-corrected chi connectivity index (χ1v) is 8.86. The van der Waals surface area contributed by atoms with Crippen LogP contribution in [0.25, 0.3) is 11.2 Å². The van der Waals surface area contributed by atoms with Crippen LogP contribution < -0.4 is 16.4 Å². The van der Waals surface area contributed by atoms with Gasteiger partial charge < -0.3 is 4.57 Å². The van der Waals surface area contributed by atoms with Crippen LogP contribution in [0.15, 0.2) is 21.5 Å². The molecule has 0 unspecified atom stereocenters. The number of hydrogen-bond donors (Lipinski definition) is 2. The van der Waals surface area contributed by atoms with Crippen molar-refractivity contribution in [3.05, 3.63) is 27.1 Å². The van der Waals surface area contributed by atoms with Crippen molar-refractivity contribution in [3.63, 3.8) is 0 Å². The van der Waals surface area contributed by atoms with Crippen LogP contribution in [0.2, 0.25) is 0 Å². The number of carbonyl (C=O) groups is 1. The summed E-state index contributed by atoms with van der Waals surface area (Å²) < 4.78 is 2.44. The number of nitrogens with zero attached hydrogens (tertiary/aromatic N) is 3. The molecule has 0 saturated heterocycles. The number of anilines is 1. The van der Waals surface area contributed by atoms with Crippen LogP contribution in [0.3, 0.4) is 0 Å². The van der Waals surface area contributed by atoms with Gasteiger partial charge in [0.15, 0.2) is 5.65 Å². The number of fused-ring (bicyclic) bond motifs is 1. The maximum absolute atomic E-state index is 12.7. The van der Waals surface area contributed by atoms with Crippen LogP contribution in [0.1, 0.15) is 39.5 Å². The maximum Gasteiger partial charge on any atom is 0.295 e. The molecule has 1 saturated carbocycles. The molecule has 2 aromatic heterocycles. The predicted octanol–water partition coefficient (Wildman–Crippen LogP) is 2.60. The average Bonchev–Trinajstić information content (AvgIpc) is 3.31. The quantitative estimate of drug-likeness (QED) is 0.736. The van der Waals surface area contributed by atoms with Gasteiger partial charge in [0.2, 0.25) is 11.7 Å². The molecule has 1 fully saturated rings. The molecule has 2 heterocycles. The van der Waals surface area contributed by atoms with Gasteiger partial charge in [0, 0.05) is 22.6 Å². The van der Waals surface area contributed by atoms with Crippen LogP contribution in [0.4, 0.5) is 5.82 Å². The summed E-state index contributed by atoms with van der Waals surface area (Å²) in [5.41, 5.74) is 5.83. The average molecular weight is 394 g/mol.